The average molecular weight is 103 g/mol. The van der Waals surface area contributed by atoms with E-state index >= 15 is 0 Å². The molecule has 0 amide bonds. The van der Waals surface area contributed by atoms with Crippen LogP contribution in [-0.2, 0) is 0 Å². The summed E-state index contributed by atoms with van der Waals surface area (Å²) in [6, 6.07) is 0. The van der Waals surface area contributed by atoms with Crippen LogP contribution in [0.1, 0.15) is 0 Å². The summed E-state index contributed by atoms with van der Waals surface area (Å²) in [7, 11) is 3.59. The van der Waals surface area contributed by atoms with Gasteiger partial charge in [-0.3, -0.25) is 0 Å². The summed E-state index contributed by atoms with van der Waals surface area (Å²) < 4.78 is 11.7. The van der Waals surface area contributed by atoms with Crippen molar-refractivity contribution >= 4 is 0 Å². The van der Waals surface area contributed by atoms with Gasteiger partial charge in [-0.2, -0.15) is 0 Å². The Hall–Kier alpha value is -0.370. The molecule has 0 aliphatic heterocycles. The molecule has 0 radical (unpaired) electrons. The van der Waals surface area contributed by atoms with Gasteiger partial charge >= 0.3 is 0 Å². The zero-order chi connectivity index (χ0) is 5.86. The van der Waals surface area contributed by atoms with Crippen LogP contribution in [0.4, 0.5) is 4.39 Å². The van der Waals surface area contributed by atoms with E-state index in [0.717, 1.165) is 0 Å². The molecule has 0 aromatic carbocycles. The van der Waals surface area contributed by atoms with Gasteiger partial charge in [-0.1, -0.05) is 6.58 Å². The molecule has 0 atom stereocenters. The first kappa shape index (κ1) is 6.63. The number of hydrogen-bond acceptors (Lipinski definition) is 1. The van der Waals surface area contributed by atoms with Gasteiger partial charge in [0.05, 0.1) is 0 Å². The SMILES string of the molecule is C=C(F)CN(C)C. The molecule has 7 heavy (non-hydrogen) atoms. The molecule has 0 aliphatic carbocycles. The smallest absolute Gasteiger partial charge is 0.107 e. The van der Waals surface area contributed by atoms with Crippen molar-refractivity contribution in [2.24, 2.45) is 0 Å². The lowest BCUT2D eigenvalue weighted by Gasteiger charge is -2.04. The topological polar surface area (TPSA) is 3.24 Å². The van der Waals surface area contributed by atoms with Crippen molar-refractivity contribution in [1.29, 1.82) is 0 Å². The van der Waals surface area contributed by atoms with Gasteiger partial charge in [0.2, 0.25) is 0 Å². The number of rotatable bonds is 2. The number of hydrogen-bond donors (Lipinski definition) is 0. The van der Waals surface area contributed by atoms with Crippen LogP contribution in [0, 0.1) is 0 Å². The lowest BCUT2D eigenvalue weighted by atomic mass is 10.5. The largest absolute Gasteiger partial charge is 0.303 e. The summed E-state index contributed by atoms with van der Waals surface area (Å²) in [6.45, 7) is 3.42. The van der Waals surface area contributed by atoms with Gasteiger partial charge < -0.3 is 4.90 Å². The lowest BCUT2D eigenvalue weighted by Crippen LogP contribution is -2.12. The van der Waals surface area contributed by atoms with E-state index in [-0.39, 0.29) is 5.83 Å². The van der Waals surface area contributed by atoms with Crippen LogP contribution in [0.2, 0.25) is 0 Å². The molecular formula is C5H10FN. The van der Waals surface area contributed by atoms with Crippen LogP contribution in [0.3, 0.4) is 0 Å². The van der Waals surface area contributed by atoms with Crippen LogP contribution in [-0.4, -0.2) is 25.5 Å². The first-order chi connectivity index (χ1) is 3.13. The van der Waals surface area contributed by atoms with Crippen molar-refractivity contribution in [1.82, 2.24) is 4.90 Å². The molecule has 0 fully saturated rings. The monoisotopic (exact) mass is 103 g/mol. The molecular weight excluding hydrogens is 93.1 g/mol. The molecule has 0 aromatic rings. The fourth-order valence-electron chi connectivity index (χ4n) is 0.343. The van der Waals surface area contributed by atoms with E-state index in [4.69, 9.17) is 0 Å². The normalized spacial score (nSPS) is 9.71. The van der Waals surface area contributed by atoms with Gasteiger partial charge in [0.1, 0.15) is 5.83 Å². The highest BCUT2D eigenvalue weighted by atomic mass is 19.1. The maximum absolute atomic E-state index is 11.7. The van der Waals surface area contributed by atoms with Crippen molar-refractivity contribution in [2.45, 2.75) is 0 Å². The first-order valence-electron chi connectivity index (χ1n) is 2.11. The van der Waals surface area contributed by atoms with E-state index in [0.29, 0.717) is 6.54 Å². The molecule has 0 N–H and O–H groups in total. The molecule has 0 saturated heterocycles. The quantitative estimate of drug-likeness (QED) is 0.504. The van der Waals surface area contributed by atoms with Gasteiger partial charge in [-0.15, -0.1) is 0 Å². The van der Waals surface area contributed by atoms with Gasteiger partial charge in [0, 0.05) is 6.54 Å². The predicted molar refractivity (Wildman–Crippen MR) is 28.8 cm³/mol. The second-order valence-electron chi connectivity index (χ2n) is 1.76. The van der Waals surface area contributed by atoms with Gasteiger partial charge in [-0.05, 0) is 14.1 Å². The first-order valence-corrected chi connectivity index (χ1v) is 2.11. The standard InChI is InChI=1S/C5H10FN/c1-5(6)4-7(2)3/h1,4H2,2-3H3. The Balaban J connectivity index is 3.13. The second-order valence-corrected chi connectivity index (χ2v) is 1.76. The molecule has 1 nitrogen and oxygen atoms in total. The Morgan fingerprint density at radius 2 is 2.14 bits per heavy atom. The van der Waals surface area contributed by atoms with Crippen LogP contribution >= 0.6 is 0 Å². The Morgan fingerprint density at radius 1 is 1.71 bits per heavy atom. The van der Waals surface area contributed by atoms with E-state index < -0.39 is 0 Å². The highest BCUT2D eigenvalue weighted by Crippen LogP contribution is 1.89. The van der Waals surface area contributed by atoms with Crippen molar-refractivity contribution in [3.63, 3.8) is 0 Å². The third kappa shape index (κ3) is 5.63. The molecule has 0 saturated carbocycles. The van der Waals surface area contributed by atoms with Gasteiger partial charge in [0.15, 0.2) is 0 Å². The minimum Gasteiger partial charge on any atom is -0.303 e. The minimum absolute atomic E-state index is 0.287. The summed E-state index contributed by atoms with van der Waals surface area (Å²) in [6.07, 6.45) is 0. The van der Waals surface area contributed by atoms with Crippen molar-refractivity contribution in [3.8, 4) is 0 Å². The summed E-state index contributed by atoms with van der Waals surface area (Å²) in [4.78, 5) is 1.72. The highest BCUT2D eigenvalue weighted by molar-refractivity contribution is 4.81. The van der Waals surface area contributed by atoms with Crippen LogP contribution < -0.4 is 0 Å². The van der Waals surface area contributed by atoms with Gasteiger partial charge in [0.25, 0.3) is 0 Å². The fourth-order valence-corrected chi connectivity index (χ4v) is 0.343. The Morgan fingerprint density at radius 3 is 2.14 bits per heavy atom. The molecule has 0 aromatic heterocycles. The third-order valence-corrected chi connectivity index (χ3v) is 0.488. The molecule has 0 rings (SSSR count). The maximum atomic E-state index is 11.7. The fraction of sp³-hybridized carbons (Fsp3) is 0.600. The molecule has 2 heteroatoms. The van der Waals surface area contributed by atoms with Crippen LogP contribution in [0.5, 0.6) is 0 Å². The van der Waals surface area contributed by atoms with Gasteiger partial charge in [-0.25, -0.2) is 4.39 Å². The van der Waals surface area contributed by atoms with E-state index in [9.17, 15) is 4.39 Å². The Kier molecular flexibility index (Phi) is 2.60. The number of nitrogens with zero attached hydrogens (tertiary/aromatic N) is 1. The Bertz CT molecular complexity index is 68.5. The van der Waals surface area contributed by atoms with E-state index in [1.807, 2.05) is 0 Å². The summed E-state index contributed by atoms with van der Waals surface area (Å²) in [5, 5.41) is 0. The zero-order valence-electron chi connectivity index (χ0n) is 4.74. The highest BCUT2D eigenvalue weighted by Gasteiger charge is 1.89. The average Bonchev–Trinajstić information content (AvgIpc) is 1.27. The van der Waals surface area contributed by atoms with E-state index in [1.54, 1.807) is 19.0 Å². The molecule has 42 valence electrons. The molecule has 0 spiro atoms. The Labute approximate surface area is 43.4 Å². The minimum atomic E-state index is -0.287. The van der Waals surface area contributed by atoms with E-state index in [2.05, 4.69) is 6.58 Å². The summed E-state index contributed by atoms with van der Waals surface area (Å²) >= 11 is 0. The molecule has 0 aliphatic rings. The second kappa shape index (κ2) is 2.75. The van der Waals surface area contributed by atoms with Crippen molar-refractivity contribution < 1.29 is 4.39 Å². The predicted octanol–water partition coefficient (Wildman–Crippen LogP) is 1.03. The zero-order valence-corrected chi connectivity index (χ0v) is 4.74. The summed E-state index contributed by atoms with van der Waals surface area (Å²) in [5.41, 5.74) is 0. The molecule has 0 heterocycles. The van der Waals surface area contributed by atoms with Crippen molar-refractivity contribution in [2.75, 3.05) is 20.6 Å². The van der Waals surface area contributed by atoms with E-state index in [1.165, 1.54) is 0 Å². The summed E-state index contributed by atoms with van der Waals surface area (Å²) in [5.74, 6) is -0.287. The van der Waals surface area contributed by atoms with Crippen LogP contribution in [0.25, 0.3) is 0 Å². The third-order valence-electron chi connectivity index (χ3n) is 0.488. The molecule has 0 bridgehead atoms. The van der Waals surface area contributed by atoms with Crippen LogP contribution in [0.15, 0.2) is 12.4 Å². The number of likely N-dealkylation sites (N-methyl/N-ethyl adjacent to an activating group) is 1. The number of halogens is 1. The van der Waals surface area contributed by atoms with Crippen molar-refractivity contribution in [3.05, 3.63) is 12.4 Å². The lowest BCUT2D eigenvalue weighted by molar-refractivity contribution is 0.402. The molecule has 0 unspecified atom stereocenters. The maximum Gasteiger partial charge on any atom is 0.107 e.